The Morgan fingerprint density at radius 2 is 2.00 bits per heavy atom. The van der Waals surface area contributed by atoms with Crippen molar-refractivity contribution in [1.82, 2.24) is 0 Å². The maximum absolute atomic E-state index is 12.8. The van der Waals surface area contributed by atoms with Crippen LogP contribution < -0.4 is 10.9 Å². The Kier molecular flexibility index (Phi) is 4.37. The van der Waals surface area contributed by atoms with Crippen molar-refractivity contribution in [1.29, 1.82) is 0 Å². The largest absolute Gasteiger partial charge is 0.423 e. The van der Waals surface area contributed by atoms with Crippen molar-refractivity contribution in [3.8, 4) is 0 Å². The molecule has 3 nitrogen and oxygen atoms in total. The van der Waals surface area contributed by atoms with Crippen LogP contribution in [0, 0.1) is 0 Å². The van der Waals surface area contributed by atoms with Crippen molar-refractivity contribution in [3.63, 3.8) is 0 Å². The third-order valence-electron chi connectivity index (χ3n) is 2.69. The highest BCUT2D eigenvalue weighted by Gasteiger charge is 2.33. The van der Waals surface area contributed by atoms with Crippen molar-refractivity contribution in [2.45, 2.75) is 12.6 Å². The molecule has 0 aliphatic heterocycles. The molecule has 1 heterocycles. The minimum Gasteiger partial charge on any atom is -0.423 e. The first-order valence-corrected chi connectivity index (χ1v) is 6.99. The quantitative estimate of drug-likeness (QED) is 0.515. The van der Waals surface area contributed by atoms with E-state index in [0.717, 1.165) is 11.8 Å². The number of hydrogen-bond donors (Lipinski definition) is 1. The van der Waals surface area contributed by atoms with Gasteiger partial charge in [0.2, 0.25) is 0 Å². The lowest BCUT2D eigenvalue weighted by Crippen LogP contribution is -2.11. The van der Waals surface area contributed by atoms with Crippen molar-refractivity contribution in [3.05, 3.63) is 40.2 Å². The Labute approximate surface area is 120 Å². The molecule has 0 unspecified atom stereocenters. The Morgan fingerprint density at radius 3 is 2.65 bits per heavy atom. The molecule has 0 aliphatic rings. The summed E-state index contributed by atoms with van der Waals surface area (Å²) in [5.74, 6) is 0. The van der Waals surface area contributed by atoms with E-state index in [4.69, 9.17) is 4.42 Å². The van der Waals surface area contributed by atoms with E-state index in [1.807, 2.05) is 0 Å². The number of rotatable bonds is 4. The number of fused-ring (bicyclic) bond motifs is 1. The molecule has 0 atom stereocenters. The zero-order valence-electron chi connectivity index (χ0n) is 10.3. The normalized spacial score (nSPS) is 11.8. The average Bonchev–Trinajstić information content (AvgIpc) is 2.36. The van der Waals surface area contributed by atoms with E-state index >= 15 is 0 Å². The number of nitrogens with one attached hydrogen (secondary N) is 1. The number of alkyl halides is 4. The molecule has 2 rings (SSSR count). The number of halogens is 4. The van der Waals surface area contributed by atoms with E-state index < -0.39 is 17.4 Å². The van der Waals surface area contributed by atoms with Crippen LogP contribution in [-0.4, -0.2) is 11.9 Å². The SMILES string of the molecule is O=c1cc(C(F)(F)F)c2ccc(NCCCBr)cc2o1. The Morgan fingerprint density at radius 1 is 1.25 bits per heavy atom. The second-order valence-electron chi connectivity index (χ2n) is 4.16. The molecule has 7 heteroatoms. The summed E-state index contributed by atoms with van der Waals surface area (Å²) >= 11 is 3.28. The van der Waals surface area contributed by atoms with Crippen molar-refractivity contribution >= 4 is 32.6 Å². The number of hydrogen-bond acceptors (Lipinski definition) is 3. The van der Waals surface area contributed by atoms with Crippen LogP contribution in [0.1, 0.15) is 12.0 Å². The maximum atomic E-state index is 12.8. The van der Waals surface area contributed by atoms with Crippen LogP contribution >= 0.6 is 15.9 Å². The van der Waals surface area contributed by atoms with Crippen LogP contribution in [0.15, 0.2) is 33.5 Å². The Balaban J connectivity index is 2.46. The number of benzene rings is 1. The maximum Gasteiger partial charge on any atom is 0.417 e. The van der Waals surface area contributed by atoms with Crippen molar-refractivity contribution < 1.29 is 17.6 Å². The minimum atomic E-state index is -4.58. The van der Waals surface area contributed by atoms with Crippen molar-refractivity contribution in [2.75, 3.05) is 17.2 Å². The van der Waals surface area contributed by atoms with Gasteiger partial charge in [0.1, 0.15) is 5.58 Å². The summed E-state index contributed by atoms with van der Waals surface area (Å²) < 4.78 is 43.4. The fourth-order valence-corrected chi connectivity index (χ4v) is 2.09. The highest BCUT2D eigenvalue weighted by Crippen LogP contribution is 2.34. The molecule has 1 aromatic heterocycles. The van der Waals surface area contributed by atoms with E-state index in [-0.39, 0.29) is 11.0 Å². The van der Waals surface area contributed by atoms with Gasteiger partial charge in [-0.1, -0.05) is 15.9 Å². The van der Waals surface area contributed by atoms with Crippen LogP contribution in [0.25, 0.3) is 11.0 Å². The molecule has 0 saturated heterocycles. The molecule has 0 radical (unpaired) electrons. The Hall–Kier alpha value is -1.50. The van der Waals surface area contributed by atoms with E-state index in [9.17, 15) is 18.0 Å². The fourth-order valence-electron chi connectivity index (χ4n) is 1.81. The first-order valence-electron chi connectivity index (χ1n) is 5.87. The smallest absolute Gasteiger partial charge is 0.417 e. The summed E-state index contributed by atoms with van der Waals surface area (Å²) in [5.41, 5.74) is -1.45. The molecular formula is C13H11BrF3NO2. The molecule has 0 bridgehead atoms. The molecule has 0 amide bonds. The van der Waals surface area contributed by atoms with Gasteiger partial charge >= 0.3 is 11.8 Å². The molecule has 1 aromatic carbocycles. The molecule has 0 fully saturated rings. The van der Waals surface area contributed by atoms with E-state index in [2.05, 4.69) is 21.2 Å². The lowest BCUT2D eigenvalue weighted by Gasteiger charge is -2.10. The predicted molar refractivity (Wildman–Crippen MR) is 74.4 cm³/mol. The van der Waals surface area contributed by atoms with E-state index in [0.29, 0.717) is 18.3 Å². The second kappa shape index (κ2) is 5.87. The summed E-state index contributed by atoms with van der Waals surface area (Å²) in [6.45, 7) is 0.667. The van der Waals surface area contributed by atoms with Crippen LogP contribution in [0.4, 0.5) is 18.9 Å². The summed E-state index contributed by atoms with van der Waals surface area (Å²) in [6, 6.07) is 4.71. The van der Waals surface area contributed by atoms with Crippen LogP contribution in [-0.2, 0) is 6.18 Å². The zero-order chi connectivity index (χ0) is 14.8. The standard InChI is InChI=1S/C13H11BrF3NO2/c14-4-1-5-18-8-2-3-9-10(13(15,16)17)7-12(19)20-11(9)6-8/h2-3,6-7,18H,1,4-5H2. The first kappa shape index (κ1) is 14.9. The summed E-state index contributed by atoms with van der Waals surface area (Å²) in [5, 5.41) is 3.74. The summed E-state index contributed by atoms with van der Waals surface area (Å²) in [4.78, 5) is 11.2. The van der Waals surface area contributed by atoms with Gasteiger partial charge in [0.05, 0.1) is 5.56 Å². The highest BCUT2D eigenvalue weighted by molar-refractivity contribution is 9.09. The van der Waals surface area contributed by atoms with Gasteiger partial charge in [0.15, 0.2) is 0 Å². The monoisotopic (exact) mass is 349 g/mol. The molecule has 1 N–H and O–H groups in total. The third kappa shape index (κ3) is 3.33. The van der Waals surface area contributed by atoms with E-state index in [1.54, 1.807) is 0 Å². The lowest BCUT2D eigenvalue weighted by molar-refractivity contribution is -0.136. The van der Waals surface area contributed by atoms with Gasteiger partial charge in [-0.15, -0.1) is 0 Å². The van der Waals surface area contributed by atoms with Gasteiger partial charge in [0, 0.05) is 35.1 Å². The van der Waals surface area contributed by atoms with Crippen LogP contribution in [0.5, 0.6) is 0 Å². The molecule has 0 saturated carbocycles. The van der Waals surface area contributed by atoms with Crippen molar-refractivity contribution in [2.24, 2.45) is 0 Å². The Bertz CT molecular complexity index is 667. The van der Waals surface area contributed by atoms with Gasteiger partial charge in [0.25, 0.3) is 0 Å². The van der Waals surface area contributed by atoms with E-state index in [1.165, 1.54) is 18.2 Å². The zero-order valence-corrected chi connectivity index (χ0v) is 11.8. The predicted octanol–water partition coefficient (Wildman–Crippen LogP) is 4.01. The third-order valence-corrected chi connectivity index (χ3v) is 3.25. The van der Waals surface area contributed by atoms with Gasteiger partial charge in [-0.3, -0.25) is 0 Å². The summed E-state index contributed by atoms with van der Waals surface area (Å²) in [7, 11) is 0. The minimum absolute atomic E-state index is 0.0753. The van der Waals surface area contributed by atoms with Crippen LogP contribution in [0.2, 0.25) is 0 Å². The fraction of sp³-hybridized carbons (Fsp3) is 0.308. The topological polar surface area (TPSA) is 42.2 Å². The van der Waals surface area contributed by atoms with Crippen LogP contribution in [0.3, 0.4) is 0 Å². The molecule has 0 spiro atoms. The first-order chi connectivity index (χ1) is 9.41. The van der Waals surface area contributed by atoms with Gasteiger partial charge in [-0.25, -0.2) is 4.79 Å². The lowest BCUT2D eigenvalue weighted by atomic mass is 10.1. The van der Waals surface area contributed by atoms with Gasteiger partial charge in [-0.05, 0) is 18.6 Å². The average molecular weight is 350 g/mol. The molecule has 108 valence electrons. The van der Waals surface area contributed by atoms with Gasteiger partial charge < -0.3 is 9.73 Å². The molecule has 0 aliphatic carbocycles. The second-order valence-corrected chi connectivity index (χ2v) is 4.95. The molecule has 2 aromatic rings. The number of anilines is 1. The van der Waals surface area contributed by atoms with Gasteiger partial charge in [-0.2, -0.15) is 13.2 Å². The summed E-state index contributed by atoms with van der Waals surface area (Å²) in [6.07, 6.45) is -3.72. The molecule has 20 heavy (non-hydrogen) atoms. The highest BCUT2D eigenvalue weighted by atomic mass is 79.9. The molecular weight excluding hydrogens is 339 g/mol.